The second-order valence-corrected chi connectivity index (χ2v) is 8.99. The van der Waals surface area contributed by atoms with Crippen LogP contribution in [-0.2, 0) is 6.42 Å². The molecule has 2 N–H and O–H groups in total. The van der Waals surface area contributed by atoms with Crippen molar-refractivity contribution >= 4 is 29.1 Å². The van der Waals surface area contributed by atoms with E-state index in [9.17, 15) is 23.2 Å². The number of thiophene rings is 1. The molecule has 7 nitrogen and oxygen atoms in total. The van der Waals surface area contributed by atoms with E-state index < -0.39 is 35.4 Å². The molecule has 3 heterocycles. The molecule has 1 atom stereocenters. The molecular formula is C25H18F2N4O3S. The molecule has 0 spiro atoms. The number of fused-ring (bicyclic) bond motifs is 1. The van der Waals surface area contributed by atoms with Crippen LogP contribution in [0.3, 0.4) is 0 Å². The molecule has 10 heteroatoms. The molecule has 0 fully saturated rings. The third kappa shape index (κ3) is 4.47. The van der Waals surface area contributed by atoms with Crippen LogP contribution in [0.25, 0.3) is 11.1 Å². The molecule has 4 aromatic rings. The van der Waals surface area contributed by atoms with Gasteiger partial charge in [0.05, 0.1) is 28.2 Å². The predicted molar refractivity (Wildman–Crippen MR) is 125 cm³/mol. The summed E-state index contributed by atoms with van der Waals surface area (Å²) in [5.74, 6) is -3.34. The molecule has 1 unspecified atom stereocenters. The molecule has 176 valence electrons. The van der Waals surface area contributed by atoms with Gasteiger partial charge in [-0.25, -0.2) is 8.78 Å². The molecule has 0 bridgehead atoms. The Morgan fingerprint density at radius 2 is 1.77 bits per heavy atom. The summed E-state index contributed by atoms with van der Waals surface area (Å²) >= 11 is 1.23. The third-order valence-corrected chi connectivity index (χ3v) is 6.67. The van der Waals surface area contributed by atoms with E-state index in [4.69, 9.17) is 0 Å². The summed E-state index contributed by atoms with van der Waals surface area (Å²) in [5, 5.41) is 11.3. The number of nitrogens with one attached hydrogen (secondary N) is 2. The largest absolute Gasteiger partial charge is 0.346 e. The number of rotatable bonds is 7. The van der Waals surface area contributed by atoms with Crippen molar-refractivity contribution in [2.45, 2.75) is 12.5 Å². The van der Waals surface area contributed by atoms with Crippen molar-refractivity contribution < 1.29 is 23.2 Å². The molecule has 3 amide bonds. The predicted octanol–water partition coefficient (Wildman–Crippen LogP) is 4.05. The van der Waals surface area contributed by atoms with Crippen LogP contribution in [0.5, 0.6) is 0 Å². The maximum Gasteiger partial charge on any atom is 0.261 e. The normalized spacial score (nSPS) is 13.7. The highest BCUT2D eigenvalue weighted by atomic mass is 32.1. The highest BCUT2D eigenvalue weighted by Gasteiger charge is 2.36. The van der Waals surface area contributed by atoms with Crippen molar-refractivity contribution in [3.05, 3.63) is 99.5 Å². The third-order valence-electron chi connectivity index (χ3n) is 5.74. The van der Waals surface area contributed by atoms with E-state index in [0.717, 1.165) is 28.2 Å². The Bertz CT molecular complexity index is 1400. The molecular weight excluding hydrogens is 474 g/mol. The van der Waals surface area contributed by atoms with E-state index in [1.54, 1.807) is 42.7 Å². The minimum absolute atomic E-state index is 0.0797. The summed E-state index contributed by atoms with van der Waals surface area (Å²) in [5.41, 5.74) is 2.63. The Hall–Kier alpha value is -4.18. The maximum atomic E-state index is 13.8. The van der Waals surface area contributed by atoms with Crippen molar-refractivity contribution in [1.29, 1.82) is 0 Å². The summed E-state index contributed by atoms with van der Waals surface area (Å²) in [4.78, 5) is 40.3. The topological polar surface area (TPSA) is 95.2 Å². The minimum atomic E-state index is -1.02. The van der Waals surface area contributed by atoms with Crippen LogP contribution in [0.15, 0.2) is 66.3 Å². The summed E-state index contributed by atoms with van der Waals surface area (Å²) in [7, 11) is 0. The van der Waals surface area contributed by atoms with Crippen LogP contribution in [-0.4, -0.2) is 45.4 Å². The van der Waals surface area contributed by atoms with E-state index >= 15 is 0 Å². The van der Waals surface area contributed by atoms with Gasteiger partial charge in [-0.3, -0.25) is 24.4 Å². The van der Waals surface area contributed by atoms with Crippen LogP contribution in [0.4, 0.5) is 8.78 Å². The van der Waals surface area contributed by atoms with Gasteiger partial charge in [-0.05, 0) is 53.3 Å². The maximum absolute atomic E-state index is 13.8. The second-order valence-electron chi connectivity index (χ2n) is 8.08. The number of halogens is 2. The number of imide groups is 1. The van der Waals surface area contributed by atoms with Crippen LogP contribution >= 0.6 is 11.3 Å². The zero-order valence-corrected chi connectivity index (χ0v) is 18.9. The van der Waals surface area contributed by atoms with Crippen molar-refractivity contribution in [3.63, 3.8) is 0 Å². The molecule has 0 saturated heterocycles. The minimum Gasteiger partial charge on any atom is -0.346 e. The van der Waals surface area contributed by atoms with Gasteiger partial charge in [-0.15, -0.1) is 11.3 Å². The van der Waals surface area contributed by atoms with E-state index in [2.05, 4.69) is 15.5 Å². The molecule has 5 rings (SSSR count). The molecule has 35 heavy (non-hydrogen) atoms. The number of nitrogens with zero attached hydrogens (tertiary/aromatic N) is 2. The van der Waals surface area contributed by atoms with E-state index in [1.165, 1.54) is 17.4 Å². The molecule has 0 saturated carbocycles. The lowest BCUT2D eigenvalue weighted by Gasteiger charge is -2.24. The van der Waals surface area contributed by atoms with Gasteiger partial charge in [-0.2, -0.15) is 5.10 Å². The SMILES string of the molecule is O=C(NC(Cc1ccc(F)c(F)c1)CN1C(=O)c2ccccc2C1=O)c1cc(-c2cn[nH]c2)cs1. The fourth-order valence-corrected chi connectivity index (χ4v) is 4.83. The Morgan fingerprint density at radius 1 is 1.03 bits per heavy atom. The number of benzene rings is 2. The van der Waals surface area contributed by atoms with E-state index in [0.29, 0.717) is 21.6 Å². The van der Waals surface area contributed by atoms with Gasteiger partial charge in [0.15, 0.2) is 11.6 Å². The number of aromatic amines is 1. The molecule has 1 aliphatic rings. The van der Waals surface area contributed by atoms with Crippen molar-refractivity contribution in [2.75, 3.05) is 6.54 Å². The van der Waals surface area contributed by atoms with Crippen LogP contribution in [0, 0.1) is 11.6 Å². The van der Waals surface area contributed by atoms with Crippen LogP contribution in [0.1, 0.15) is 36.0 Å². The van der Waals surface area contributed by atoms with Gasteiger partial charge in [-0.1, -0.05) is 18.2 Å². The first-order chi connectivity index (χ1) is 16.9. The first-order valence-corrected chi connectivity index (χ1v) is 11.6. The summed E-state index contributed by atoms with van der Waals surface area (Å²) < 4.78 is 27.2. The zero-order chi connectivity index (χ0) is 24.5. The van der Waals surface area contributed by atoms with Gasteiger partial charge in [0, 0.05) is 18.3 Å². The van der Waals surface area contributed by atoms with Gasteiger partial charge in [0.1, 0.15) is 0 Å². The lowest BCUT2D eigenvalue weighted by molar-refractivity contribution is 0.0629. The highest BCUT2D eigenvalue weighted by molar-refractivity contribution is 7.12. The number of amides is 3. The summed E-state index contributed by atoms with van der Waals surface area (Å²) in [6.45, 7) is -0.128. The Morgan fingerprint density at radius 3 is 2.43 bits per heavy atom. The average Bonchev–Trinajstić information content (AvgIpc) is 3.59. The fraction of sp³-hybridized carbons (Fsp3) is 0.120. The van der Waals surface area contributed by atoms with E-state index in [-0.39, 0.29) is 13.0 Å². The standard InChI is InChI=1S/C25H18F2N4O3S/c26-20-6-5-14(8-21(20)27)7-17(12-31-24(33)18-3-1-2-4-19(18)25(31)34)30-23(32)22-9-15(13-35-22)16-10-28-29-11-16/h1-6,8-11,13,17H,7,12H2,(H,28,29)(H,30,32). The molecule has 2 aromatic heterocycles. The number of hydrogen-bond donors (Lipinski definition) is 2. The fourth-order valence-electron chi connectivity index (χ4n) is 4.01. The Labute approximate surface area is 202 Å². The van der Waals surface area contributed by atoms with Crippen molar-refractivity contribution in [2.24, 2.45) is 0 Å². The van der Waals surface area contributed by atoms with E-state index in [1.807, 2.05) is 5.38 Å². The van der Waals surface area contributed by atoms with Crippen LogP contribution in [0.2, 0.25) is 0 Å². The second kappa shape index (κ2) is 9.22. The van der Waals surface area contributed by atoms with Crippen molar-refractivity contribution in [3.8, 4) is 11.1 Å². The molecule has 2 aromatic carbocycles. The molecule has 0 aliphatic carbocycles. The van der Waals surface area contributed by atoms with Gasteiger partial charge in [0.2, 0.25) is 0 Å². The smallest absolute Gasteiger partial charge is 0.261 e. The van der Waals surface area contributed by atoms with Gasteiger partial charge >= 0.3 is 0 Å². The quantitative estimate of drug-likeness (QED) is 0.381. The number of aromatic nitrogens is 2. The Balaban J connectivity index is 1.39. The van der Waals surface area contributed by atoms with Crippen molar-refractivity contribution in [1.82, 2.24) is 20.4 Å². The average molecular weight is 493 g/mol. The first kappa shape index (κ1) is 22.6. The number of carbonyl (C=O) groups excluding carboxylic acids is 3. The summed E-state index contributed by atoms with van der Waals surface area (Å²) in [6, 6.07) is 10.9. The lowest BCUT2D eigenvalue weighted by Crippen LogP contribution is -2.46. The number of carbonyl (C=O) groups is 3. The highest BCUT2D eigenvalue weighted by Crippen LogP contribution is 2.26. The summed E-state index contributed by atoms with van der Waals surface area (Å²) in [6.07, 6.45) is 3.42. The first-order valence-electron chi connectivity index (χ1n) is 10.7. The zero-order valence-electron chi connectivity index (χ0n) is 18.1. The monoisotopic (exact) mass is 492 g/mol. The number of hydrogen-bond acceptors (Lipinski definition) is 5. The van der Waals surface area contributed by atoms with Crippen LogP contribution < -0.4 is 5.32 Å². The van der Waals surface area contributed by atoms with Gasteiger partial charge < -0.3 is 5.32 Å². The van der Waals surface area contributed by atoms with Gasteiger partial charge in [0.25, 0.3) is 17.7 Å². The molecule has 1 aliphatic heterocycles. The Kier molecular flexibility index (Phi) is 5.96. The number of H-pyrrole nitrogens is 1. The lowest BCUT2D eigenvalue weighted by atomic mass is 10.0. The molecule has 0 radical (unpaired) electrons.